The molecule has 8 rings (SSSR count). The fourth-order valence-corrected chi connectivity index (χ4v) is 15.5. The third-order valence-corrected chi connectivity index (χ3v) is 19.8. The summed E-state index contributed by atoms with van der Waals surface area (Å²) in [6.45, 7) is 13.2. The predicted octanol–water partition coefficient (Wildman–Crippen LogP) is -0.790. The average molecular weight is 975 g/mol. The summed E-state index contributed by atoms with van der Waals surface area (Å²) in [5, 5.41) is 132. The molecule has 0 radical (unpaired) electrons. The van der Waals surface area contributed by atoms with Gasteiger partial charge in [-0.2, -0.15) is 0 Å². The maximum Gasteiger partial charge on any atom is 0.187 e. The summed E-state index contributed by atoms with van der Waals surface area (Å²) in [5.74, 6) is -0.145. The molecule has 19 heteroatoms. The van der Waals surface area contributed by atoms with Gasteiger partial charge in [0.05, 0.1) is 50.8 Å². The standard InChI is InChI=1S/C49H82O19/c1-22-31(55)38(67-43-39(35(59)33(57)27(19-51)65-43)68-41-36(60)34(58)32(56)26(18-50)64-41)37(61)42(63-22)66-30-10-11-45(4)28(46(30,5)20-52)9-12-47(6)40(45)25(62-8)15-23-24-16-44(2,3)13-14-49(24,21-53)29(54)17-48(23,47)7/h15,22,24-43,50-61H,9-14,16-21H2,1-8H3. The van der Waals surface area contributed by atoms with Gasteiger partial charge in [0.1, 0.15) is 67.1 Å². The molecule has 3 saturated heterocycles. The summed E-state index contributed by atoms with van der Waals surface area (Å²) >= 11 is 0. The molecule has 3 aliphatic heterocycles. The third kappa shape index (κ3) is 8.12. The maximum absolute atomic E-state index is 12.2. The molecule has 0 bridgehead atoms. The number of aliphatic hydroxyl groups is 12. The SMILES string of the molecule is COC1C=C2C3CC(C)(C)CCC3(CO)C(O)CC2(C)C2(C)CCC3C(C)(CO)C(OC4OC(C)C(O)C(OC5OC(CO)C(O)C(O)C5OC5OC(CO)C(O)C(O)C5O)C4O)CCC3(C)C12. The van der Waals surface area contributed by atoms with Crippen molar-refractivity contribution in [3.8, 4) is 0 Å². The molecule has 5 aliphatic carbocycles. The van der Waals surface area contributed by atoms with Gasteiger partial charge >= 0.3 is 0 Å². The van der Waals surface area contributed by atoms with E-state index in [1.165, 1.54) is 5.57 Å². The van der Waals surface area contributed by atoms with Crippen molar-refractivity contribution in [1.82, 2.24) is 0 Å². The Morgan fingerprint density at radius 3 is 1.85 bits per heavy atom. The Labute approximate surface area is 399 Å². The number of hydrogen-bond donors (Lipinski definition) is 12. The van der Waals surface area contributed by atoms with Gasteiger partial charge in [0, 0.05) is 23.9 Å². The van der Waals surface area contributed by atoms with E-state index < -0.39 is 139 Å². The number of aliphatic hydroxyl groups excluding tert-OH is 12. The van der Waals surface area contributed by atoms with Crippen LogP contribution in [-0.4, -0.2) is 205 Å². The van der Waals surface area contributed by atoms with Gasteiger partial charge in [0.15, 0.2) is 18.9 Å². The minimum Gasteiger partial charge on any atom is -0.396 e. The number of rotatable bonds is 11. The summed E-state index contributed by atoms with van der Waals surface area (Å²) in [6, 6.07) is 0. The molecule has 0 aromatic heterocycles. The van der Waals surface area contributed by atoms with Gasteiger partial charge in [-0.1, -0.05) is 53.2 Å². The highest BCUT2D eigenvalue weighted by Gasteiger charge is 2.72. The molecule has 0 aromatic rings. The van der Waals surface area contributed by atoms with Gasteiger partial charge in [0.2, 0.25) is 0 Å². The Morgan fingerprint density at radius 1 is 0.618 bits per heavy atom. The summed E-state index contributed by atoms with van der Waals surface area (Å²) in [4.78, 5) is 0. The van der Waals surface area contributed by atoms with Crippen LogP contribution in [0.1, 0.15) is 99.8 Å². The molecule has 3 heterocycles. The van der Waals surface area contributed by atoms with E-state index in [1.807, 2.05) is 6.92 Å². The van der Waals surface area contributed by atoms with Crippen LogP contribution < -0.4 is 0 Å². The lowest BCUT2D eigenvalue weighted by Crippen LogP contribution is -2.70. The number of allylic oxidation sites excluding steroid dienone is 1. The van der Waals surface area contributed by atoms with E-state index in [4.69, 9.17) is 33.2 Å². The number of fused-ring (bicyclic) bond motifs is 7. The van der Waals surface area contributed by atoms with Crippen molar-refractivity contribution in [1.29, 1.82) is 0 Å². The fraction of sp³-hybridized carbons (Fsp3) is 0.959. The summed E-state index contributed by atoms with van der Waals surface area (Å²) in [5.41, 5.74) is -1.30. The Hall–Kier alpha value is -1.02. The Kier molecular flexibility index (Phi) is 14.9. The molecular formula is C49H82O19. The van der Waals surface area contributed by atoms with Crippen LogP contribution in [-0.2, 0) is 33.2 Å². The maximum atomic E-state index is 12.2. The van der Waals surface area contributed by atoms with E-state index in [9.17, 15) is 61.3 Å². The quantitative estimate of drug-likeness (QED) is 0.0892. The van der Waals surface area contributed by atoms with E-state index in [0.29, 0.717) is 19.3 Å². The Bertz CT molecular complexity index is 1800. The summed E-state index contributed by atoms with van der Waals surface area (Å²) in [7, 11) is 1.75. The van der Waals surface area contributed by atoms with Gasteiger partial charge in [-0.15, -0.1) is 0 Å². The zero-order valence-electron chi connectivity index (χ0n) is 40.9. The molecule has 0 aromatic carbocycles. The molecule has 19 nitrogen and oxygen atoms in total. The molecule has 4 saturated carbocycles. The molecule has 26 unspecified atom stereocenters. The highest BCUT2D eigenvalue weighted by atomic mass is 16.8. The molecule has 7 fully saturated rings. The largest absolute Gasteiger partial charge is 0.396 e. The Balaban J connectivity index is 1.05. The van der Waals surface area contributed by atoms with Crippen LogP contribution in [0, 0.1) is 50.2 Å². The van der Waals surface area contributed by atoms with Crippen LogP contribution in [0.25, 0.3) is 0 Å². The molecule has 8 aliphatic rings. The zero-order chi connectivity index (χ0) is 49.8. The Morgan fingerprint density at radius 2 is 1.24 bits per heavy atom. The monoisotopic (exact) mass is 975 g/mol. The van der Waals surface area contributed by atoms with Crippen LogP contribution >= 0.6 is 0 Å². The van der Waals surface area contributed by atoms with Crippen molar-refractivity contribution in [2.75, 3.05) is 33.5 Å². The molecule has 392 valence electrons. The minimum atomic E-state index is -1.91. The second-order valence-corrected chi connectivity index (χ2v) is 23.8. The highest BCUT2D eigenvalue weighted by Crippen LogP contribution is 2.76. The molecule has 26 atom stereocenters. The first kappa shape index (κ1) is 53.3. The van der Waals surface area contributed by atoms with Gasteiger partial charge in [-0.25, -0.2) is 0 Å². The smallest absolute Gasteiger partial charge is 0.187 e. The summed E-state index contributed by atoms with van der Waals surface area (Å²) in [6.07, 6.45) is -18.2. The van der Waals surface area contributed by atoms with Crippen molar-refractivity contribution in [3.05, 3.63) is 11.6 Å². The topological polar surface area (TPSA) is 307 Å². The summed E-state index contributed by atoms with van der Waals surface area (Å²) < 4.78 is 42.7. The first-order valence-electron chi connectivity index (χ1n) is 24.9. The number of ether oxygens (including phenoxy) is 7. The number of methoxy groups -OCH3 is 1. The van der Waals surface area contributed by atoms with Crippen molar-refractivity contribution in [2.45, 2.75) is 210 Å². The molecule has 12 N–H and O–H groups in total. The van der Waals surface area contributed by atoms with E-state index in [-0.39, 0.29) is 47.9 Å². The van der Waals surface area contributed by atoms with Crippen LogP contribution in [0.2, 0.25) is 0 Å². The van der Waals surface area contributed by atoms with Gasteiger partial charge in [-0.05, 0) is 91.8 Å². The molecule has 0 amide bonds. The predicted molar refractivity (Wildman–Crippen MR) is 238 cm³/mol. The number of hydrogen-bond acceptors (Lipinski definition) is 19. The zero-order valence-corrected chi connectivity index (χ0v) is 40.9. The van der Waals surface area contributed by atoms with Crippen LogP contribution in [0.3, 0.4) is 0 Å². The lowest BCUT2D eigenvalue weighted by molar-refractivity contribution is -0.391. The first-order valence-corrected chi connectivity index (χ1v) is 24.9. The van der Waals surface area contributed by atoms with E-state index >= 15 is 0 Å². The van der Waals surface area contributed by atoms with Gasteiger partial charge in [-0.3, -0.25) is 0 Å². The molecule has 0 spiro atoms. The third-order valence-electron chi connectivity index (χ3n) is 19.8. The second-order valence-electron chi connectivity index (χ2n) is 23.8. The van der Waals surface area contributed by atoms with Crippen molar-refractivity contribution in [2.24, 2.45) is 50.2 Å². The van der Waals surface area contributed by atoms with E-state index in [1.54, 1.807) is 14.0 Å². The fourth-order valence-electron chi connectivity index (χ4n) is 15.5. The van der Waals surface area contributed by atoms with Crippen molar-refractivity contribution in [3.63, 3.8) is 0 Å². The van der Waals surface area contributed by atoms with E-state index in [0.717, 1.165) is 32.1 Å². The van der Waals surface area contributed by atoms with E-state index in [2.05, 4.69) is 40.7 Å². The minimum absolute atomic E-state index is 0.00765. The van der Waals surface area contributed by atoms with Crippen molar-refractivity contribution < 1.29 is 94.4 Å². The molecular weight excluding hydrogens is 893 g/mol. The van der Waals surface area contributed by atoms with Gasteiger partial charge < -0.3 is 94.4 Å². The van der Waals surface area contributed by atoms with Crippen LogP contribution in [0.5, 0.6) is 0 Å². The van der Waals surface area contributed by atoms with Crippen LogP contribution in [0.4, 0.5) is 0 Å². The lowest BCUT2D eigenvalue weighted by atomic mass is 9.32. The lowest BCUT2D eigenvalue weighted by Gasteiger charge is -2.73. The van der Waals surface area contributed by atoms with Gasteiger partial charge in [0.25, 0.3) is 0 Å². The molecule has 68 heavy (non-hydrogen) atoms. The highest BCUT2D eigenvalue weighted by molar-refractivity contribution is 5.37. The average Bonchev–Trinajstić information content (AvgIpc) is 3.29. The first-order chi connectivity index (χ1) is 31.9. The van der Waals surface area contributed by atoms with Crippen molar-refractivity contribution >= 4 is 0 Å². The second kappa shape index (κ2) is 19.0. The normalized spacial score (nSPS) is 55.8. The van der Waals surface area contributed by atoms with Crippen LogP contribution in [0.15, 0.2) is 11.6 Å².